The molecule has 154 valence electrons. The summed E-state index contributed by atoms with van der Waals surface area (Å²) in [4.78, 5) is 29.5. The van der Waals surface area contributed by atoms with Crippen molar-refractivity contribution in [3.8, 4) is 0 Å². The molecule has 0 bridgehead atoms. The van der Waals surface area contributed by atoms with Gasteiger partial charge in [0.1, 0.15) is 5.82 Å². The second-order valence-electron chi connectivity index (χ2n) is 6.72. The highest BCUT2D eigenvalue weighted by Gasteiger charge is 2.18. The lowest BCUT2D eigenvalue weighted by molar-refractivity contribution is -0.136. The Bertz CT molecular complexity index is 839. The topological polar surface area (TPSA) is 64.7 Å². The Kier molecular flexibility index (Phi) is 7.48. The number of hydrogen-bond donors (Lipinski definition) is 2. The van der Waals surface area contributed by atoms with E-state index in [1.807, 2.05) is 24.5 Å². The van der Waals surface area contributed by atoms with Crippen molar-refractivity contribution in [2.24, 2.45) is 0 Å². The highest BCUT2D eigenvalue weighted by molar-refractivity contribution is 7.98. The van der Waals surface area contributed by atoms with Gasteiger partial charge in [0.15, 0.2) is 0 Å². The van der Waals surface area contributed by atoms with Crippen molar-refractivity contribution in [3.05, 3.63) is 54.3 Å². The molecule has 2 aromatic carbocycles. The van der Waals surface area contributed by atoms with Crippen LogP contribution >= 0.6 is 11.8 Å². The van der Waals surface area contributed by atoms with E-state index in [9.17, 15) is 14.0 Å². The van der Waals surface area contributed by atoms with Crippen LogP contribution in [0.1, 0.15) is 0 Å². The Morgan fingerprint density at radius 1 is 1.00 bits per heavy atom. The number of hydrogen-bond acceptors (Lipinski definition) is 5. The van der Waals surface area contributed by atoms with Gasteiger partial charge in [-0.1, -0.05) is 12.1 Å². The standard InChI is InChI=1S/C21H25FN4O2S/c1-29-19-5-3-2-4-18(19)24-21(28)20(27)23-10-11-25-12-14-26(15-13-25)17-8-6-16(22)7-9-17/h2-9H,10-15H2,1H3,(H,23,27)(H,24,28). The normalized spacial score (nSPS) is 14.5. The summed E-state index contributed by atoms with van der Waals surface area (Å²) >= 11 is 1.51. The number of rotatable bonds is 6. The first-order chi connectivity index (χ1) is 14.1. The van der Waals surface area contributed by atoms with Crippen LogP contribution in [0, 0.1) is 5.82 Å². The van der Waals surface area contributed by atoms with Crippen molar-refractivity contribution in [1.29, 1.82) is 0 Å². The number of benzene rings is 2. The van der Waals surface area contributed by atoms with Gasteiger partial charge < -0.3 is 15.5 Å². The first-order valence-electron chi connectivity index (χ1n) is 9.52. The summed E-state index contributed by atoms with van der Waals surface area (Å²) in [7, 11) is 0. The van der Waals surface area contributed by atoms with Crippen molar-refractivity contribution < 1.29 is 14.0 Å². The number of nitrogens with one attached hydrogen (secondary N) is 2. The zero-order chi connectivity index (χ0) is 20.6. The lowest BCUT2D eigenvalue weighted by Crippen LogP contribution is -2.49. The predicted molar refractivity (Wildman–Crippen MR) is 115 cm³/mol. The van der Waals surface area contributed by atoms with Crippen molar-refractivity contribution in [1.82, 2.24) is 10.2 Å². The van der Waals surface area contributed by atoms with Crippen molar-refractivity contribution in [2.45, 2.75) is 4.90 Å². The smallest absolute Gasteiger partial charge is 0.313 e. The van der Waals surface area contributed by atoms with E-state index in [1.165, 1.54) is 23.9 Å². The van der Waals surface area contributed by atoms with Gasteiger partial charge in [-0.15, -0.1) is 11.8 Å². The Labute approximate surface area is 174 Å². The molecule has 2 N–H and O–H groups in total. The van der Waals surface area contributed by atoms with Gasteiger partial charge in [-0.2, -0.15) is 0 Å². The molecule has 0 aliphatic carbocycles. The molecule has 0 radical (unpaired) electrons. The maximum Gasteiger partial charge on any atom is 0.313 e. The lowest BCUT2D eigenvalue weighted by Gasteiger charge is -2.36. The number of anilines is 2. The lowest BCUT2D eigenvalue weighted by atomic mass is 10.2. The molecule has 2 amide bonds. The summed E-state index contributed by atoms with van der Waals surface area (Å²) in [5.41, 5.74) is 1.65. The largest absolute Gasteiger partial charge is 0.369 e. The van der Waals surface area contributed by atoms with Crippen LogP contribution in [0.5, 0.6) is 0 Å². The molecule has 6 nitrogen and oxygen atoms in total. The third-order valence-electron chi connectivity index (χ3n) is 4.84. The van der Waals surface area contributed by atoms with Crippen molar-refractivity contribution in [2.75, 3.05) is 55.7 Å². The van der Waals surface area contributed by atoms with Crippen LogP contribution in [0.15, 0.2) is 53.4 Å². The molecule has 1 saturated heterocycles. The fourth-order valence-corrected chi connectivity index (χ4v) is 3.77. The number of carbonyl (C=O) groups excluding carboxylic acids is 2. The van der Waals surface area contributed by atoms with Gasteiger partial charge in [0, 0.05) is 49.9 Å². The minimum atomic E-state index is -0.660. The van der Waals surface area contributed by atoms with E-state index >= 15 is 0 Å². The van der Waals surface area contributed by atoms with Crippen LogP contribution < -0.4 is 15.5 Å². The summed E-state index contributed by atoms with van der Waals surface area (Å²) in [5.74, 6) is -1.53. The van der Waals surface area contributed by atoms with E-state index in [0.29, 0.717) is 18.8 Å². The molecule has 2 aromatic rings. The summed E-state index contributed by atoms with van der Waals surface area (Å²) in [6, 6.07) is 13.9. The fraction of sp³-hybridized carbons (Fsp3) is 0.333. The second kappa shape index (κ2) is 10.3. The van der Waals surface area contributed by atoms with Crippen LogP contribution in [0.4, 0.5) is 15.8 Å². The average molecular weight is 417 g/mol. The van der Waals surface area contributed by atoms with Crippen molar-refractivity contribution in [3.63, 3.8) is 0 Å². The number of amides is 2. The van der Waals surface area contributed by atoms with Gasteiger partial charge in [0.25, 0.3) is 0 Å². The molecule has 0 unspecified atom stereocenters. The molecular formula is C21H25FN4O2S. The highest BCUT2D eigenvalue weighted by atomic mass is 32.2. The number of thioether (sulfide) groups is 1. The molecule has 1 heterocycles. The van der Waals surface area contributed by atoms with Crippen LogP contribution in [0.25, 0.3) is 0 Å². The highest BCUT2D eigenvalue weighted by Crippen LogP contribution is 2.24. The number of para-hydroxylation sites is 1. The van der Waals surface area contributed by atoms with Gasteiger partial charge in [0.2, 0.25) is 0 Å². The molecule has 1 aliphatic heterocycles. The van der Waals surface area contributed by atoms with Crippen LogP contribution in [-0.2, 0) is 9.59 Å². The molecule has 8 heteroatoms. The SMILES string of the molecule is CSc1ccccc1NC(=O)C(=O)NCCN1CCN(c2ccc(F)cc2)CC1. The second-order valence-corrected chi connectivity index (χ2v) is 7.56. The number of halogens is 1. The predicted octanol–water partition coefficient (Wildman–Crippen LogP) is 2.42. The third kappa shape index (κ3) is 5.95. The fourth-order valence-electron chi connectivity index (χ4n) is 3.22. The van der Waals surface area contributed by atoms with Gasteiger partial charge in [-0.3, -0.25) is 14.5 Å². The van der Waals surface area contributed by atoms with Gasteiger partial charge in [-0.05, 0) is 42.7 Å². The van der Waals surface area contributed by atoms with E-state index in [0.717, 1.165) is 36.8 Å². The van der Waals surface area contributed by atoms with Crippen molar-refractivity contribution >= 4 is 35.0 Å². The zero-order valence-corrected chi connectivity index (χ0v) is 17.2. The zero-order valence-electron chi connectivity index (χ0n) is 16.4. The van der Waals surface area contributed by atoms with E-state index in [2.05, 4.69) is 20.4 Å². The summed E-state index contributed by atoms with van der Waals surface area (Å²) in [6.45, 7) is 4.46. The summed E-state index contributed by atoms with van der Waals surface area (Å²) in [5, 5.41) is 5.34. The maximum absolute atomic E-state index is 13.0. The molecule has 3 rings (SSSR count). The third-order valence-corrected chi connectivity index (χ3v) is 5.63. The minimum absolute atomic E-state index is 0.232. The quantitative estimate of drug-likeness (QED) is 0.559. The van der Waals surface area contributed by atoms with E-state index in [1.54, 1.807) is 18.2 Å². The molecule has 0 atom stereocenters. The van der Waals surface area contributed by atoms with Gasteiger partial charge in [0.05, 0.1) is 5.69 Å². The van der Waals surface area contributed by atoms with Crippen LogP contribution in [0.2, 0.25) is 0 Å². The minimum Gasteiger partial charge on any atom is -0.369 e. The van der Waals surface area contributed by atoms with Gasteiger partial charge >= 0.3 is 11.8 Å². The molecule has 1 fully saturated rings. The molecule has 0 saturated carbocycles. The summed E-state index contributed by atoms with van der Waals surface area (Å²) < 4.78 is 13.0. The average Bonchev–Trinajstić information content (AvgIpc) is 2.75. The molecule has 1 aliphatic rings. The van der Waals surface area contributed by atoms with Crippen LogP contribution in [0.3, 0.4) is 0 Å². The Hall–Kier alpha value is -2.58. The number of piperazine rings is 1. The summed E-state index contributed by atoms with van der Waals surface area (Å²) in [6.07, 6.45) is 1.92. The molecular weight excluding hydrogens is 391 g/mol. The number of carbonyl (C=O) groups is 2. The Balaban J connectivity index is 1.38. The first-order valence-corrected chi connectivity index (χ1v) is 10.7. The number of nitrogens with zero attached hydrogens (tertiary/aromatic N) is 2. The van der Waals surface area contributed by atoms with E-state index in [4.69, 9.17) is 0 Å². The molecule has 29 heavy (non-hydrogen) atoms. The maximum atomic E-state index is 13.0. The van der Waals surface area contributed by atoms with Crippen LogP contribution in [-0.4, -0.2) is 62.2 Å². The first kappa shape index (κ1) is 21.1. The Morgan fingerprint density at radius 2 is 1.69 bits per heavy atom. The Morgan fingerprint density at radius 3 is 2.38 bits per heavy atom. The van der Waals surface area contributed by atoms with E-state index < -0.39 is 11.8 Å². The molecule has 0 spiro atoms. The van der Waals surface area contributed by atoms with E-state index in [-0.39, 0.29) is 5.82 Å². The molecule has 0 aromatic heterocycles. The monoisotopic (exact) mass is 416 g/mol. The van der Waals surface area contributed by atoms with Gasteiger partial charge in [-0.25, -0.2) is 4.39 Å².